The zero-order chi connectivity index (χ0) is 15.0. The largest absolute Gasteiger partial charge is 0.317 e. The molecule has 3 aliphatic rings. The van der Waals surface area contributed by atoms with Gasteiger partial charge in [0.2, 0.25) is 0 Å². The third-order valence-corrected chi connectivity index (χ3v) is 5.96. The fourth-order valence-corrected chi connectivity index (χ4v) is 4.24. The lowest BCUT2D eigenvalue weighted by atomic mass is 9.94. The van der Waals surface area contributed by atoms with Gasteiger partial charge in [0.05, 0.1) is 0 Å². The lowest BCUT2D eigenvalue weighted by molar-refractivity contribution is 0.108. The van der Waals surface area contributed by atoms with Crippen molar-refractivity contribution in [1.82, 2.24) is 20.0 Å². The van der Waals surface area contributed by atoms with Crippen LogP contribution in [0.4, 0.5) is 0 Å². The Morgan fingerprint density at radius 3 is 1.82 bits per heavy atom. The molecule has 3 saturated heterocycles. The summed E-state index contributed by atoms with van der Waals surface area (Å²) < 4.78 is 0. The maximum Gasteiger partial charge on any atom is 0.0110 e. The standard InChI is InChI=1S/C18H36N4/c1-2-9-20(10-3-1)12-15-22-16-13-21(14-17-22)11-6-18-4-7-19-8-5-18/h18-19H,1-17H2. The lowest BCUT2D eigenvalue weighted by Gasteiger charge is -2.37. The van der Waals surface area contributed by atoms with E-state index < -0.39 is 0 Å². The van der Waals surface area contributed by atoms with Crippen molar-refractivity contribution in [3.05, 3.63) is 0 Å². The average Bonchev–Trinajstić information content (AvgIpc) is 2.61. The summed E-state index contributed by atoms with van der Waals surface area (Å²) in [4.78, 5) is 8.07. The molecule has 0 radical (unpaired) electrons. The number of piperazine rings is 1. The first-order valence-corrected chi connectivity index (χ1v) is 9.78. The first kappa shape index (κ1) is 16.7. The minimum Gasteiger partial charge on any atom is -0.317 e. The molecule has 0 aromatic rings. The molecule has 1 N–H and O–H groups in total. The topological polar surface area (TPSA) is 21.8 Å². The van der Waals surface area contributed by atoms with Crippen molar-refractivity contribution in [3.63, 3.8) is 0 Å². The van der Waals surface area contributed by atoms with Gasteiger partial charge in [0, 0.05) is 39.3 Å². The van der Waals surface area contributed by atoms with Gasteiger partial charge in [-0.25, -0.2) is 0 Å². The van der Waals surface area contributed by atoms with Gasteiger partial charge in [0.15, 0.2) is 0 Å². The smallest absolute Gasteiger partial charge is 0.0110 e. The first-order chi connectivity index (χ1) is 10.9. The van der Waals surface area contributed by atoms with Gasteiger partial charge in [0.25, 0.3) is 0 Å². The van der Waals surface area contributed by atoms with E-state index in [4.69, 9.17) is 0 Å². The van der Waals surface area contributed by atoms with Crippen LogP contribution in [0.5, 0.6) is 0 Å². The number of likely N-dealkylation sites (tertiary alicyclic amines) is 1. The van der Waals surface area contributed by atoms with Crippen molar-refractivity contribution < 1.29 is 0 Å². The zero-order valence-electron chi connectivity index (χ0n) is 14.4. The highest BCUT2D eigenvalue weighted by atomic mass is 15.3. The number of piperidine rings is 2. The fourth-order valence-electron chi connectivity index (χ4n) is 4.24. The van der Waals surface area contributed by atoms with E-state index in [-0.39, 0.29) is 0 Å². The van der Waals surface area contributed by atoms with Crippen molar-refractivity contribution in [2.45, 2.75) is 38.5 Å². The normalized spacial score (nSPS) is 27.3. The molecule has 3 aliphatic heterocycles. The molecule has 3 heterocycles. The summed E-state index contributed by atoms with van der Waals surface area (Å²) in [6, 6.07) is 0. The quantitative estimate of drug-likeness (QED) is 0.802. The molecular weight excluding hydrogens is 272 g/mol. The van der Waals surface area contributed by atoms with Crippen LogP contribution >= 0.6 is 0 Å². The van der Waals surface area contributed by atoms with Crippen LogP contribution in [0.1, 0.15) is 38.5 Å². The summed E-state index contributed by atoms with van der Waals surface area (Å²) >= 11 is 0. The van der Waals surface area contributed by atoms with Gasteiger partial charge in [-0.1, -0.05) is 6.42 Å². The van der Waals surface area contributed by atoms with E-state index in [1.54, 1.807) is 0 Å². The summed E-state index contributed by atoms with van der Waals surface area (Å²) in [5.41, 5.74) is 0. The van der Waals surface area contributed by atoms with Gasteiger partial charge in [-0.05, 0) is 70.7 Å². The minimum absolute atomic E-state index is 0.985. The second kappa shape index (κ2) is 9.21. The number of nitrogens with one attached hydrogen (secondary N) is 1. The summed E-state index contributed by atoms with van der Waals surface area (Å²) in [6.45, 7) is 14.3. The molecule has 0 aliphatic carbocycles. The number of hydrogen-bond donors (Lipinski definition) is 1. The van der Waals surface area contributed by atoms with Gasteiger partial charge in [-0.3, -0.25) is 4.90 Å². The van der Waals surface area contributed by atoms with Crippen LogP contribution < -0.4 is 5.32 Å². The molecule has 3 rings (SSSR count). The highest BCUT2D eigenvalue weighted by Crippen LogP contribution is 2.17. The molecule has 0 bridgehead atoms. The molecule has 0 spiro atoms. The number of hydrogen-bond acceptors (Lipinski definition) is 4. The summed E-state index contributed by atoms with van der Waals surface area (Å²) in [6.07, 6.45) is 8.52. The maximum atomic E-state index is 3.48. The molecule has 4 nitrogen and oxygen atoms in total. The van der Waals surface area contributed by atoms with Crippen LogP contribution in [-0.2, 0) is 0 Å². The molecule has 0 saturated carbocycles. The Bertz CT molecular complexity index is 259. The van der Waals surface area contributed by atoms with Crippen LogP contribution in [0.3, 0.4) is 0 Å². The Morgan fingerprint density at radius 2 is 1.18 bits per heavy atom. The Kier molecular flexibility index (Phi) is 6.99. The molecule has 22 heavy (non-hydrogen) atoms. The van der Waals surface area contributed by atoms with Gasteiger partial charge >= 0.3 is 0 Å². The van der Waals surface area contributed by atoms with E-state index in [9.17, 15) is 0 Å². The minimum atomic E-state index is 0.985. The van der Waals surface area contributed by atoms with E-state index in [0.717, 1.165) is 5.92 Å². The van der Waals surface area contributed by atoms with E-state index in [2.05, 4.69) is 20.0 Å². The molecule has 0 atom stereocenters. The SMILES string of the molecule is C1CCN(CCN2CCN(CCC3CCNCC3)CC2)CC1. The third kappa shape index (κ3) is 5.48. The average molecular weight is 309 g/mol. The van der Waals surface area contributed by atoms with E-state index >= 15 is 0 Å². The summed E-state index contributed by atoms with van der Waals surface area (Å²) in [5.74, 6) is 0.985. The molecule has 0 aromatic carbocycles. The van der Waals surface area contributed by atoms with Crippen molar-refractivity contribution in [2.24, 2.45) is 5.92 Å². The Hall–Kier alpha value is -0.160. The zero-order valence-corrected chi connectivity index (χ0v) is 14.4. The lowest BCUT2D eigenvalue weighted by Crippen LogP contribution is -2.49. The van der Waals surface area contributed by atoms with E-state index in [1.165, 1.54) is 111 Å². The van der Waals surface area contributed by atoms with Crippen molar-refractivity contribution in [1.29, 1.82) is 0 Å². The highest BCUT2D eigenvalue weighted by molar-refractivity contribution is 4.76. The highest BCUT2D eigenvalue weighted by Gasteiger charge is 2.20. The van der Waals surface area contributed by atoms with Crippen LogP contribution in [0.2, 0.25) is 0 Å². The van der Waals surface area contributed by atoms with Crippen LogP contribution in [0, 0.1) is 5.92 Å². The second-order valence-corrected chi connectivity index (χ2v) is 7.57. The Labute approximate surface area is 137 Å². The first-order valence-electron chi connectivity index (χ1n) is 9.78. The van der Waals surface area contributed by atoms with Crippen LogP contribution in [0.15, 0.2) is 0 Å². The van der Waals surface area contributed by atoms with Crippen molar-refractivity contribution in [3.8, 4) is 0 Å². The van der Waals surface area contributed by atoms with Crippen LogP contribution in [-0.4, -0.2) is 86.7 Å². The molecule has 0 unspecified atom stereocenters. The molecular formula is C18H36N4. The Balaban J connectivity index is 1.25. The Morgan fingerprint density at radius 1 is 0.636 bits per heavy atom. The van der Waals surface area contributed by atoms with Gasteiger partial charge in [0.1, 0.15) is 0 Å². The van der Waals surface area contributed by atoms with Crippen molar-refractivity contribution in [2.75, 3.05) is 72.0 Å². The molecule has 128 valence electrons. The maximum absolute atomic E-state index is 3.48. The number of nitrogens with zero attached hydrogens (tertiary/aromatic N) is 3. The molecule has 3 fully saturated rings. The third-order valence-electron chi connectivity index (χ3n) is 5.96. The predicted molar refractivity (Wildman–Crippen MR) is 93.4 cm³/mol. The van der Waals surface area contributed by atoms with Crippen LogP contribution in [0.25, 0.3) is 0 Å². The predicted octanol–water partition coefficient (Wildman–Crippen LogP) is 1.48. The van der Waals surface area contributed by atoms with Gasteiger partial charge in [-0.2, -0.15) is 0 Å². The van der Waals surface area contributed by atoms with E-state index in [1.807, 2.05) is 0 Å². The molecule has 0 aromatic heterocycles. The molecule has 0 amide bonds. The van der Waals surface area contributed by atoms with E-state index in [0.29, 0.717) is 0 Å². The molecule has 4 heteroatoms. The second-order valence-electron chi connectivity index (χ2n) is 7.57. The summed E-state index contributed by atoms with van der Waals surface area (Å²) in [5, 5.41) is 3.48. The summed E-state index contributed by atoms with van der Waals surface area (Å²) in [7, 11) is 0. The number of rotatable bonds is 6. The van der Waals surface area contributed by atoms with Crippen molar-refractivity contribution >= 4 is 0 Å². The van der Waals surface area contributed by atoms with Gasteiger partial charge in [-0.15, -0.1) is 0 Å². The van der Waals surface area contributed by atoms with Gasteiger partial charge < -0.3 is 15.1 Å². The monoisotopic (exact) mass is 308 g/mol. The fraction of sp³-hybridized carbons (Fsp3) is 1.00.